The molecular formula is C17H27N3O3S. The average Bonchev–Trinajstić information content (AvgIpc) is 2.53. The van der Waals surface area contributed by atoms with Gasteiger partial charge in [0, 0.05) is 12.6 Å². The monoisotopic (exact) mass is 353 g/mol. The van der Waals surface area contributed by atoms with Crippen LogP contribution in [0.5, 0.6) is 0 Å². The summed E-state index contributed by atoms with van der Waals surface area (Å²) < 4.78 is 25.5. The first kappa shape index (κ1) is 18.7. The third-order valence-electron chi connectivity index (χ3n) is 4.50. The van der Waals surface area contributed by atoms with Gasteiger partial charge < -0.3 is 11.1 Å². The van der Waals surface area contributed by atoms with Gasteiger partial charge in [-0.25, -0.2) is 8.42 Å². The number of sulfonamides is 1. The molecule has 0 saturated heterocycles. The second kappa shape index (κ2) is 7.98. The molecule has 0 spiro atoms. The Balaban J connectivity index is 2.19. The summed E-state index contributed by atoms with van der Waals surface area (Å²) in [5.41, 5.74) is 7.38. The predicted octanol–water partition coefficient (Wildman–Crippen LogP) is 2.00. The Morgan fingerprint density at radius 1 is 1.29 bits per heavy atom. The lowest BCUT2D eigenvalue weighted by Crippen LogP contribution is -2.46. The average molecular weight is 353 g/mol. The number of anilines is 1. The van der Waals surface area contributed by atoms with Gasteiger partial charge in [-0.1, -0.05) is 30.9 Å². The number of nitrogens with two attached hydrogens (primary N) is 1. The number of benzene rings is 1. The van der Waals surface area contributed by atoms with Crippen molar-refractivity contribution in [1.29, 1.82) is 0 Å². The molecule has 1 amide bonds. The highest BCUT2D eigenvalue weighted by Crippen LogP contribution is 2.27. The van der Waals surface area contributed by atoms with Crippen LogP contribution >= 0.6 is 0 Å². The zero-order valence-corrected chi connectivity index (χ0v) is 15.2. The molecule has 0 heterocycles. The Labute approximate surface area is 144 Å². The molecule has 6 nitrogen and oxygen atoms in total. The Bertz CT molecular complexity index is 682. The van der Waals surface area contributed by atoms with Gasteiger partial charge in [0.25, 0.3) is 5.91 Å². The lowest BCUT2D eigenvalue weighted by atomic mass is 9.84. The molecule has 0 bridgehead atoms. The zero-order valence-electron chi connectivity index (χ0n) is 14.3. The number of carbonyl (C=O) groups is 1. The van der Waals surface area contributed by atoms with E-state index in [0.29, 0.717) is 23.7 Å². The lowest BCUT2D eigenvalue weighted by Gasteiger charge is -2.30. The van der Waals surface area contributed by atoms with E-state index < -0.39 is 10.0 Å². The van der Waals surface area contributed by atoms with Crippen LogP contribution in [0.1, 0.15) is 48.0 Å². The Morgan fingerprint density at radius 2 is 1.96 bits per heavy atom. The summed E-state index contributed by atoms with van der Waals surface area (Å²) in [6.45, 7) is 2.25. The van der Waals surface area contributed by atoms with Gasteiger partial charge in [0.2, 0.25) is 10.0 Å². The van der Waals surface area contributed by atoms with Crippen molar-refractivity contribution in [3.63, 3.8) is 0 Å². The number of hydrogen-bond acceptors (Lipinski definition) is 4. The molecule has 1 aromatic rings. The molecule has 1 unspecified atom stereocenters. The van der Waals surface area contributed by atoms with Crippen LogP contribution in [0.15, 0.2) is 18.2 Å². The third kappa shape index (κ3) is 5.21. The van der Waals surface area contributed by atoms with Crippen molar-refractivity contribution in [2.45, 2.75) is 45.1 Å². The largest absolute Gasteiger partial charge is 0.348 e. The second-order valence-electron chi connectivity index (χ2n) is 6.64. The summed E-state index contributed by atoms with van der Waals surface area (Å²) in [6, 6.07) is 5.00. The van der Waals surface area contributed by atoms with Crippen molar-refractivity contribution < 1.29 is 13.2 Å². The van der Waals surface area contributed by atoms with Crippen LogP contribution in [-0.2, 0) is 10.0 Å². The number of carbonyl (C=O) groups excluding carboxylic acids is 1. The van der Waals surface area contributed by atoms with E-state index in [2.05, 4.69) is 10.0 Å². The number of aryl methyl sites for hydroxylation is 1. The summed E-state index contributed by atoms with van der Waals surface area (Å²) in [5.74, 6) is 0.106. The molecule has 2 rings (SSSR count). The van der Waals surface area contributed by atoms with E-state index in [1.807, 2.05) is 6.92 Å². The molecule has 1 atom stereocenters. The van der Waals surface area contributed by atoms with Crippen molar-refractivity contribution in [2.75, 3.05) is 17.5 Å². The van der Waals surface area contributed by atoms with Crippen LogP contribution in [0.4, 0.5) is 5.69 Å². The summed E-state index contributed by atoms with van der Waals surface area (Å²) in [7, 11) is -3.46. The number of amides is 1. The highest BCUT2D eigenvalue weighted by molar-refractivity contribution is 7.92. The summed E-state index contributed by atoms with van der Waals surface area (Å²) >= 11 is 0. The summed E-state index contributed by atoms with van der Waals surface area (Å²) in [4.78, 5) is 12.7. The Kier molecular flexibility index (Phi) is 6.23. The van der Waals surface area contributed by atoms with E-state index in [1.165, 1.54) is 19.3 Å². The number of rotatable bonds is 6. The minimum Gasteiger partial charge on any atom is -0.348 e. The van der Waals surface area contributed by atoms with Crippen LogP contribution in [-0.4, -0.2) is 33.2 Å². The van der Waals surface area contributed by atoms with E-state index in [-0.39, 0.29) is 11.9 Å². The molecule has 0 aromatic heterocycles. The zero-order chi connectivity index (χ0) is 17.7. The maximum Gasteiger partial charge on any atom is 0.253 e. The van der Waals surface area contributed by atoms with Gasteiger partial charge in [-0.05, 0) is 37.8 Å². The molecule has 1 aliphatic rings. The maximum absolute atomic E-state index is 12.7. The maximum atomic E-state index is 12.7. The third-order valence-corrected chi connectivity index (χ3v) is 5.10. The van der Waals surface area contributed by atoms with Crippen LogP contribution in [0, 0.1) is 12.8 Å². The molecule has 1 aliphatic carbocycles. The fourth-order valence-electron chi connectivity index (χ4n) is 3.29. The van der Waals surface area contributed by atoms with Crippen LogP contribution in [0.3, 0.4) is 0 Å². The highest BCUT2D eigenvalue weighted by Gasteiger charge is 2.25. The van der Waals surface area contributed by atoms with E-state index >= 15 is 0 Å². The standard InChI is InChI=1S/C17H27N3O3S/c1-12-8-9-15(20-24(2,22)23)14(10-12)17(21)19-16(11-18)13-6-4-3-5-7-13/h8-10,13,16,20H,3-7,11,18H2,1-2H3,(H,19,21). The first-order chi connectivity index (χ1) is 11.3. The van der Waals surface area contributed by atoms with Gasteiger partial charge in [0.05, 0.1) is 17.5 Å². The fraction of sp³-hybridized carbons (Fsp3) is 0.588. The van der Waals surface area contributed by atoms with Crippen molar-refractivity contribution in [3.8, 4) is 0 Å². The molecule has 1 aromatic carbocycles. The fourth-order valence-corrected chi connectivity index (χ4v) is 3.86. The first-order valence-corrected chi connectivity index (χ1v) is 10.3. The molecule has 1 fully saturated rings. The first-order valence-electron chi connectivity index (χ1n) is 8.39. The smallest absolute Gasteiger partial charge is 0.253 e. The summed E-state index contributed by atoms with van der Waals surface area (Å²) in [6.07, 6.45) is 6.79. The van der Waals surface area contributed by atoms with Crippen LogP contribution < -0.4 is 15.8 Å². The van der Waals surface area contributed by atoms with E-state index in [1.54, 1.807) is 18.2 Å². The molecule has 0 radical (unpaired) electrons. The SMILES string of the molecule is Cc1ccc(NS(C)(=O)=O)c(C(=O)NC(CN)C2CCCCC2)c1. The van der Waals surface area contributed by atoms with Gasteiger partial charge in [-0.15, -0.1) is 0 Å². The molecule has 1 saturated carbocycles. The Hall–Kier alpha value is -1.60. The minimum absolute atomic E-state index is 0.0793. The van der Waals surface area contributed by atoms with Gasteiger partial charge in [-0.3, -0.25) is 9.52 Å². The quantitative estimate of drug-likeness (QED) is 0.728. The summed E-state index contributed by atoms with van der Waals surface area (Å²) in [5, 5.41) is 3.01. The van der Waals surface area contributed by atoms with E-state index in [9.17, 15) is 13.2 Å². The number of nitrogens with one attached hydrogen (secondary N) is 2. The highest BCUT2D eigenvalue weighted by atomic mass is 32.2. The van der Waals surface area contributed by atoms with Crippen LogP contribution in [0.25, 0.3) is 0 Å². The molecular weight excluding hydrogens is 326 g/mol. The minimum atomic E-state index is -3.46. The lowest BCUT2D eigenvalue weighted by molar-refractivity contribution is 0.0916. The van der Waals surface area contributed by atoms with Gasteiger partial charge >= 0.3 is 0 Å². The van der Waals surface area contributed by atoms with Gasteiger partial charge in [-0.2, -0.15) is 0 Å². The van der Waals surface area contributed by atoms with Crippen LogP contribution in [0.2, 0.25) is 0 Å². The van der Waals surface area contributed by atoms with Gasteiger partial charge in [0.15, 0.2) is 0 Å². The molecule has 4 N–H and O–H groups in total. The van der Waals surface area contributed by atoms with Crippen molar-refractivity contribution >= 4 is 21.6 Å². The second-order valence-corrected chi connectivity index (χ2v) is 8.39. The Morgan fingerprint density at radius 3 is 2.54 bits per heavy atom. The van der Waals surface area contributed by atoms with Gasteiger partial charge in [0.1, 0.15) is 0 Å². The molecule has 0 aliphatic heterocycles. The van der Waals surface area contributed by atoms with Crippen molar-refractivity contribution in [2.24, 2.45) is 11.7 Å². The van der Waals surface area contributed by atoms with E-state index in [0.717, 1.165) is 24.7 Å². The van der Waals surface area contributed by atoms with Crippen molar-refractivity contribution in [1.82, 2.24) is 5.32 Å². The molecule has 7 heteroatoms. The van der Waals surface area contributed by atoms with Crippen molar-refractivity contribution in [3.05, 3.63) is 29.3 Å². The predicted molar refractivity (Wildman–Crippen MR) is 96.5 cm³/mol. The molecule has 24 heavy (non-hydrogen) atoms. The normalized spacial score (nSPS) is 17.3. The molecule has 134 valence electrons. The number of hydrogen-bond donors (Lipinski definition) is 3. The van der Waals surface area contributed by atoms with E-state index in [4.69, 9.17) is 5.73 Å². The topological polar surface area (TPSA) is 101 Å².